The van der Waals surface area contributed by atoms with Gasteiger partial charge in [0.15, 0.2) is 17.2 Å². The second-order valence-corrected chi connectivity index (χ2v) is 9.93. The van der Waals surface area contributed by atoms with Crippen LogP contribution in [-0.4, -0.2) is 40.9 Å². The second kappa shape index (κ2) is 7.99. The fourth-order valence-corrected chi connectivity index (χ4v) is 4.23. The number of benzene rings is 2. The number of hydrogen-bond acceptors (Lipinski definition) is 6. The van der Waals surface area contributed by atoms with Gasteiger partial charge in [-0.2, -0.15) is 0 Å². The number of anilines is 1. The largest absolute Gasteiger partial charge is 0.366 e. The molecule has 9 heteroatoms. The van der Waals surface area contributed by atoms with Crippen LogP contribution in [0.4, 0.5) is 5.82 Å². The highest BCUT2D eigenvalue weighted by atomic mass is 32.2. The zero-order valence-electron chi connectivity index (χ0n) is 17.4. The molecule has 8 nitrogen and oxygen atoms in total. The molecule has 1 aliphatic carbocycles. The van der Waals surface area contributed by atoms with Crippen molar-refractivity contribution in [2.45, 2.75) is 19.3 Å². The van der Waals surface area contributed by atoms with Gasteiger partial charge in [-0.25, -0.2) is 23.5 Å². The first-order chi connectivity index (χ1) is 15.4. The molecule has 2 aromatic carbocycles. The minimum absolute atomic E-state index is 0.125. The van der Waals surface area contributed by atoms with Crippen molar-refractivity contribution in [3.63, 3.8) is 0 Å². The van der Waals surface area contributed by atoms with Crippen LogP contribution in [0.1, 0.15) is 29.6 Å². The molecule has 32 heavy (non-hydrogen) atoms. The molecule has 164 valence electrons. The number of carbonyl (C=O) groups excluding carboxylic acids is 1. The van der Waals surface area contributed by atoms with E-state index in [0.717, 1.165) is 40.7 Å². The van der Waals surface area contributed by atoms with E-state index >= 15 is 0 Å². The Morgan fingerprint density at radius 2 is 1.88 bits per heavy atom. The van der Waals surface area contributed by atoms with Crippen molar-refractivity contribution in [2.75, 3.05) is 17.6 Å². The highest BCUT2D eigenvalue weighted by molar-refractivity contribution is 7.89. The van der Waals surface area contributed by atoms with E-state index in [1.165, 1.54) is 0 Å². The minimum atomic E-state index is -3.59. The van der Waals surface area contributed by atoms with Gasteiger partial charge in [0.05, 0.1) is 28.7 Å². The summed E-state index contributed by atoms with van der Waals surface area (Å²) in [6.45, 7) is 0.125. The van der Waals surface area contributed by atoms with Gasteiger partial charge >= 0.3 is 0 Å². The molecule has 0 aliphatic heterocycles. The monoisotopic (exact) mass is 449 g/mol. The summed E-state index contributed by atoms with van der Waals surface area (Å²) in [4.78, 5) is 21.6. The van der Waals surface area contributed by atoms with E-state index in [-0.39, 0.29) is 18.1 Å². The lowest BCUT2D eigenvalue weighted by molar-refractivity contribution is 0.0976. The number of primary sulfonamides is 1. The molecule has 1 aliphatic rings. The SMILES string of the molecule is NS(=O)(=O)CCNc1nc2ccccc2n2c(-c3ccc(C(=O)CC4CC4)cc3)cnc12. The molecule has 4 aromatic rings. The third-order valence-electron chi connectivity index (χ3n) is 5.68. The first-order valence-electron chi connectivity index (χ1n) is 10.5. The number of nitrogens with two attached hydrogens (primary N) is 1. The van der Waals surface area contributed by atoms with Crippen molar-refractivity contribution < 1.29 is 13.2 Å². The number of aromatic nitrogens is 3. The van der Waals surface area contributed by atoms with Crippen molar-refractivity contribution in [3.8, 4) is 11.3 Å². The van der Waals surface area contributed by atoms with E-state index in [1.54, 1.807) is 6.20 Å². The highest BCUT2D eigenvalue weighted by Gasteiger charge is 2.25. The summed E-state index contributed by atoms with van der Waals surface area (Å²) in [7, 11) is -3.59. The number of Topliss-reactive ketones (excluding diaryl/α,β-unsaturated/α-hetero) is 1. The van der Waals surface area contributed by atoms with Gasteiger partial charge in [-0.3, -0.25) is 9.20 Å². The lowest BCUT2D eigenvalue weighted by Crippen LogP contribution is -2.22. The van der Waals surface area contributed by atoms with Crippen LogP contribution in [0.5, 0.6) is 0 Å². The summed E-state index contributed by atoms with van der Waals surface area (Å²) in [6.07, 6.45) is 4.69. The van der Waals surface area contributed by atoms with Gasteiger partial charge in [0.25, 0.3) is 0 Å². The Bertz CT molecular complexity index is 1420. The predicted octanol–water partition coefficient (Wildman–Crippen LogP) is 3.23. The molecule has 2 heterocycles. The average molecular weight is 450 g/mol. The Morgan fingerprint density at radius 1 is 1.12 bits per heavy atom. The maximum absolute atomic E-state index is 12.4. The van der Waals surface area contributed by atoms with Crippen LogP contribution >= 0.6 is 0 Å². The fraction of sp³-hybridized carbons (Fsp3) is 0.261. The first-order valence-corrected chi connectivity index (χ1v) is 12.2. The van der Waals surface area contributed by atoms with Crippen LogP contribution in [-0.2, 0) is 10.0 Å². The zero-order chi connectivity index (χ0) is 22.3. The molecule has 0 radical (unpaired) electrons. The predicted molar refractivity (Wildman–Crippen MR) is 124 cm³/mol. The molecule has 0 bridgehead atoms. The van der Waals surface area contributed by atoms with Gasteiger partial charge < -0.3 is 5.32 Å². The average Bonchev–Trinajstić information content (AvgIpc) is 3.46. The Morgan fingerprint density at radius 3 is 2.59 bits per heavy atom. The number of carbonyl (C=O) groups is 1. The number of sulfonamides is 1. The van der Waals surface area contributed by atoms with Crippen LogP contribution < -0.4 is 10.5 Å². The Kier molecular flexibility index (Phi) is 5.15. The molecule has 2 aromatic heterocycles. The van der Waals surface area contributed by atoms with Gasteiger partial charge in [0, 0.05) is 24.1 Å². The normalized spacial score (nSPS) is 14.2. The quantitative estimate of drug-likeness (QED) is 0.399. The molecule has 0 amide bonds. The van der Waals surface area contributed by atoms with Crippen molar-refractivity contribution in [3.05, 3.63) is 60.3 Å². The Balaban J connectivity index is 1.54. The topological polar surface area (TPSA) is 119 Å². The number of nitrogens with zero attached hydrogens (tertiary/aromatic N) is 3. The summed E-state index contributed by atoms with van der Waals surface area (Å²) in [6, 6.07) is 15.3. The van der Waals surface area contributed by atoms with E-state index in [9.17, 15) is 13.2 Å². The molecule has 1 saturated carbocycles. The van der Waals surface area contributed by atoms with Gasteiger partial charge in [0.1, 0.15) is 0 Å². The van der Waals surface area contributed by atoms with E-state index in [1.807, 2.05) is 52.9 Å². The van der Waals surface area contributed by atoms with E-state index in [4.69, 9.17) is 5.14 Å². The number of rotatable bonds is 8. The molecule has 0 spiro atoms. The lowest BCUT2D eigenvalue weighted by Gasteiger charge is -2.11. The Labute approximate surface area is 185 Å². The number of fused-ring (bicyclic) bond motifs is 3. The smallest absolute Gasteiger partial charge is 0.210 e. The molecule has 0 unspecified atom stereocenters. The molecule has 1 fully saturated rings. The van der Waals surface area contributed by atoms with Gasteiger partial charge in [-0.1, -0.05) is 36.4 Å². The highest BCUT2D eigenvalue weighted by Crippen LogP contribution is 2.34. The summed E-state index contributed by atoms with van der Waals surface area (Å²) >= 11 is 0. The number of imidazole rings is 1. The van der Waals surface area contributed by atoms with E-state index in [2.05, 4.69) is 15.3 Å². The zero-order valence-corrected chi connectivity index (χ0v) is 18.2. The van der Waals surface area contributed by atoms with Crippen LogP contribution in [0.2, 0.25) is 0 Å². The lowest BCUT2D eigenvalue weighted by atomic mass is 10.0. The van der Waals surface area contributed by atoms with Crippen molar-refractivity contribution in [1.82, 2.24) is 14.4 Å². The van der Waals surface area contributed by atoms with E-state index in [0.29, 0.717) is 23.8 Å². The number of nitrogens with one attached hydrogen (secondary N) is 1. The van der Waals surface area contributed by atoms with Crippen molar-refractivity contribution >= 4 is 38.3 Å². The van der Waals surface area contributed by atoms with Gasteiger partial charge in [-0.15, -0.1) is 0 Å². The van der Waals surface area contributed by atoms with Crippen molar-refractivity contribution in [2.24, 2.45) is 11.1 Å². The van der Waals surface area contributed by atoms with Crippen LogP contribution in [0.3, 0.4) is 0 Å². The minimum Gasteiger partial charge on any atom is -0.366 e. The van der Waals surface area contributed by atoms with Crippen molar-refractivity contribution in [1.29, 1.82) is 0 Å². The maximum atomic E-state index is 12.4. The van der Waals surface area contributed by atoms with Gasteiger partial charge in [0.2, 0.25) is 10.0 Å². The van der Waals surface area contributed by atoms with Crippen LogP contribution in [0.25, 0.3) is 27.9 Å². The number of hydrogen-bond donors (Lipinski definition) is 2. The molecular weight excluding hydrogens is 426 g/mol. The molecule has 5 rings (SSSR count). The second-order valence-electron chi connectivity index (χ2n) is 8.19. The molecule has 0 atom stereocenters. The number of ketones is 1. The number of para-hydroxylation sites is 2. The Hall–Kier alpha value is -3.30. The standard InChI is InChI=1S/C23H23N5O3S/c24-32(30,31)12-11-25-22-23-26-14-20(28(23)19-4-2-1-3-18(19)27-22)16-7-9-17(10-8-16)21(29)13-15-5-6-15/h1-4,7-10,14-15H,5-6,11-13H2,(H,25,27)(H2,24,30,31). The third-order valence-corrected chi connectivity index (χ3v) is 6.45. The molecule has 3 N–H and O–H groups in total. The summed E-state index contributed by atoms with van der Waals surface area (Å²) in [5.74, 6) is 1.01. The molecule has 0 saturated heterocycles. The third kappa shape index (κ3) is 4.21. The fourth-order valence-electron chi connectivity index (χ4n) is 3.84. The molecular formula is C23H23N5O3S. The summed E-state index contributed by atoms with van der Waals surface area (Å²) < 4.78 is 24.6. The first kappa shape index (κ1) is 20.6. The maximum Gasteiger partial charge on any atom is 0.210 e. The summed E-state index contributed by atoms with van der Waals surface area (Å²) in [5.41, 5.74) is 4.71. The van der Waals surface area contributed by atoms with Crippen LogP contribution in [0, 0.1) is 5.92 Å². The summed E-state index contributed by atoms with van der Waals surface area (Å²) in [5, 5.41) is 8.16. The van der Waals surface area contributed by atoms with Gasteiger partial charge in [-0.05, 0) is 30.9 Å². The van der Waals surface area contributed by atoms with E-state index < -0.39 is 10.0 Å². The van der Waals surface area contributed by atoms with Crippen LogP contribution in [0.15, 0.2) is 54.7 Å².